The van der Waals surface area contributed by atoms with Crippen LogP contribution in [-0.2, 0) is 21.9 Å². The largest absolute Gasteiger partial charge is 0.350 e. The zero-order valence-corrected chi connectivity index (χ0v) is 14.8. The number of nitrogens with zero attached hydrogens (tertiary/aromatic N) is 2. The minimum absolute atomic E-state index is 0.0867. The van der Waals surface area contributed by atoms with Crippen LogP contribution in [0.2, 0.25) is 0 Å². The number of aryl methyl sites for hydroxylation is 2. The molecule has 1 fully saturated rings. The van der Waals surface area contributed by atoms with E-state index in [-0.39, 0.29) is 16.8 Å². The van der Waals surface area contributed by atoms with E-state index in [0.29, 0.717) is 23.9 Å². The quantitative estimate of drug-likeness (QED) is 0.620. The molecule has 1 amide bonds. The Hall–Kier alpha value is -1.45. The zero-order chi connectivity index (χ0) is 17.4. The minimum atomic E-state index is -3.82. The van der Waals surface area contributed by atoms with Gasteiger partial charge in [0, 0.05) is 19.6 Å². The highest BCUT2D eigenvalue weighted by atomic mass is 32.2. The van der Waals surface area contributed by atoms with Crippen molar-refractivity contribution in [2.75, 3.05) is 6.54 Å². The van der Waals surface area contributed by atoms with Gasteiger partial charge in [0.05, 0.1) is 17.4 Å². The van der Waals surface area contributed by atoms with E-state index in [9.17, 15) is 13.2 Å². The lowest BCUT2D eigenvalue weighted by Crippen LogP contribution is -2.50. The molecule has 23 heavy (non-hydrogen) atoms. The van der Waals surface area contributed by atoms with Gasteiger partial charge in [-0.05, 0) is 39.5 Å². The summed E-state index contributed by atoms with van der Waals surface area (Å²) in [4.78, 5) is 12.3. The number of hydrogen-bond acceptors (Lipinski definition) is 5. The first-order valence-electron chi connectivity index (χ1n) is 7.70. The fourth-order valence-electron chi connectivity index (χ4n) is 2.66. The van der Waals surface area contributed by atoms with Crippen molar-refractivity contribution in [3.63, 3.8) is 0 Å². The van der Waals surface area contributed by atoms with Gasteiger partial charge in [-0.2, -0.15) is 9.82 Å². The van der Waals surface area contributed by atoms with Gasteiger partial charge < -0.3 is 11.1 Å². The van der Waals surface area contributed by atoms with Crippen LogP contribution in [0.3, 0.4) is 0 Å². The molecule has 130 valence electrons. The van der Waals surface area contributed by atoms with Crippen LogP contribution < -0.4 is 15.8 Å². The number of amides is 1. The summed E-state index contributed by atoms with van der Waals surface area (Å²) in [5.41, 5.74) is 6.59. The summed E-state index contributed by atoms with van der Waals surface area (Å²) >= 11 is 0. The summed E-state index contributed by atoms with van der Waals surface area (Å²) in [6.45, 7) is 5.19. The number of aromatic nitrogens is 2. The van der Waals surface area contributed by atoms with E-state index in [1.54, 1.807) is 20.9 Å². The first kappa shape index (κ1) is 17.9. The van der Waals surface area contributed by atoms with E-state index in [2.05, 4.69) is 15.1 Å². The molecule has 1 aliphatic rings. The van der Waals surface area contributed by atoms with Crippen molar-refractivity contribution < 1.29 is 13.2 Å². The van der Waals surface area contributed by atoms with Crippen molar-refractivity contribution in [1.29, 1.82) is 0 Å². The number of hydrogen-bond donors (Lipinski definition) is 3. The lowest BCUT2D eigenvalue weighted by molar-refractivity contribution is -0.123. The molecule has 9 heteroatoms. The van der Waals surface area contributed by atoms with Crippen LogP contribution in [0.15, 0.2) is 4.90 Å². The molecule has 4 N–H and O–H groups in total. The molecule has 0 saturated heterocycles. The molecule has 1 saturated carbocycles. The number of carbonyl (C=O) groups is 1. The summed E-state index contributed by atoms with van der Waals surface area (Å²) in [5.74, 6) is 0.0469. The normalized spacial score (nSPS) is 17.8. The molecule has 1 aromatic heterocycles. The lowest BCUT2D eigenvalue weighted by atomic mass is 10.2. The molecule has 0 aliphatic heterocycles. The second-order valence-corrected chi connectivity index (χ2v) is 7.81. The summed E-state index contributed by atoms with van der Waals surface area (Å²) in [6.07, 6.45) is 2.10. The smallest absolute Gasteiger partial charge is 0.244 e. The van der Waals surface area contributed by atoms with E-state index in [4.69, 9.17) is 5.73 Å². The Balaban J connectivity index is 2.08. The lowest BCUT2D eigenvalue weighted by Gasteiger charge is -2.20. The van der Waals surface area contributed by atoms with Gasteiger partial charge in [0.25, 0.3) is 0 Å². The molecule has 0 bridgehead atoms. The van der Waals surface area contributed by atoms with Gasteiger partial charge in [0.15, 0.2) is 0 Å². The molecule has 2 unspecified atom stereocenters. The molecule has 2 rings (SSSR count). The Morgan fingerprint density at radius 1 is 1.43 bits per heavy atom. The van der Waals surface area contributed by atoms with Crippen molar-refractivity contribution in [2.24, 2.45) is 18.7 Å². The Morgan fingerprint density at radius 2 is 2.04 bits per heavy atom. The molecule has 1 aliphatic carbocycles. The Bertz CT molecular complexity index is 694. The highest BCUT2D eigenvalue weighted by Crippen LogP contribution is 2.32. The van der Waals surface area contributed by atoms with Crippen LogP contribution in [0, 0.1) is 19.8 Å². The van der Waals surface area contributed by atoms with Crippen LogP contribution >= 0.6 is 0 Å². The maximum absolute atomic E-state index is 12.5. The third-order valence-corrected chi connectivity index (χ3v) is 6.00. The molecule has 1 aromatic rings. The van der Waals surface area contributed by atoms with Gasteiger partial charge in [0.1, 0.15) is 4.90 Å². The maximum atomic E-state index is 12.5. The maximum Gasteiger partial charge on any atom is 0.244 e. The molecular weight excluding hydrogens is 318 g/mol. The summed E-state index contributed by atoms with van der Waals surface area (Å²) in [6, 6.07) is -0.969. The third kappa shape index (κ3) is 3.91. The van der Waals surface area contributed by atoms with Crippen molar-refractivity contribution in [3.05, 3.63) is 11.4 Å². The van der Waals surface area contributed by atoms with Gasteiger partial charge in [-0.15, -0.1) is 0 Å². The van der Waals surface area contributed by atoms with Crippen LogP contribution in [0.5, 0.6) is 0 Å². The van der Waals surface area contributed by atoms with Crippen molar-refractivity contribution in [1.82, 2.24) is 19.8 Å². The zero-order valence-electron chi connectivity index (χ0n) is 14.0. The SMILES string of the molecule is Cc1nn(C)c(C)c1S(=O)(=O)NC(C)C(=O)NC(CN)C1CC1. The number of nitrogens with two attached hydrogens (primary N) is 1. The molecule has 0 aromatic carbocycles. The predicted octanol–water partition coefficient (Wildman–Crippen LogP) is -0.443. The predicted molar refractivity (Wildman–Crippen MR) is 86.2 cm³/mol. The van der Waals surface area contributed by atoms with Crippen LogP contribution in [-0.4, -0.2) is 42.7 Å². The van der Waals surface area contributed by atoms with E-state index in [1.807, 2.05) is 0 Å². The van der Waals surface area contributed by atoms with Crippen molar-refractivity contribution in [2.45, 2.75) is 50.6 Å². The van der Waals surface area contributed by atoms with Gasteiger partial charge in [-0.1, -0.05) is 0 Å². The second-order valence-electron chi connectivity index (χ2n) is 6.15. The van der Waals surface area contributed by atoms with Gasteiger partial charge >= 0.3 is 0 Å². The highest BCUT2D eigenvalue weighted by Gasteiger charge is 2.33. The van der Waals surface area contributed by atoms with E-state index < -0.39 is 16.1 Å². The van der Waals surface area contributed by atoms with Crippen molar-refractivity contribution in [3.8, 4) is 0 Å². The van der Waals surface area contributed by atoms with Crippen LogP contribution in [0.4, 0.5) is 0 Å². The second kappa shape index (κ2) is 6.58. The van der Waals surface area contributed by atoms with Crippen molar-refractivity contribution >= 4 is 15.9 Å². The fourth-order valence-corrected chi connectivity index (χ4v) is 4.30. The molecular formula is C14H25N5O3S. The molecule has 2 atom stereocenters. The fraction of sp³-hybridized carbons (Fsp3) is 0.714. The molecule has 0 spiro atoms. The minimum Gasteiger partial charge on any atom is -0.350 e. The Labute approximate surface area is 136 Å². The molecule has 1 heterocycles. The standard InChI is InChI=1S/C14H25N5O3S/c1-8-13(10(3)19(4)17-8)23(21,22)18-9(2)14(20)16-12(7-15)11-5-6-11/h9,11-12,18H,5-7,15H2,1-4H3,(H,16,20). The number of rotatable bonds is 7. The topological polar surface area (TPSA) is 119 Å². The van der Waals surface area contributed by atoms with Gasteiger partial charge in [0.2, 0.25) is 15.9 Å². The first-order chi connectivity index (χ1) is 10.7. The monoisotopic (exact) mass is 343 g/mol. The Kier molecular flexibility index (Phi) is 5.12. The number of carbonyl (C=O) groups excluding carboxylic acids is 1. The van der Waals surface area contributed by atoms with Crippen LogP contribution in [0.25, 0.3) is 0 Å². The summed E-state index contributed by atoms with van der Waals surface area (Å²) in [5, 5.41) is 6.93. The Morgan fingerprint density at radius 3 is 2.48 bits per heavy atom. The number of nitrogens with one attached hydrogen (secondary N) is 2. The molecule has 8 nitrogen and oxygen atoms in total. The van der Waals surface area contributed by atoms with Gasteiger partial charge in [-0.25, -0.2) is 8.42 Å². The van der Waals surface area contributed by atoms with Crippen LogP contribution in [0.1, 0.15) is 31.2 Å². The third-order valence-electron chi connectivity index (χ3n) is 4.21. The average Bonchev–Trinajstić information content (AvgIpc) is 3.23. The number of sulfonamides is 1. The van der Waals surface area contributed by atoms with E-state index >= 15 is 0 Å². The average molecular weight is 343 g/mol. The summed E-state index contributed by atoms with van der Waals surface area (Å²) in [7, 11) is -2.14. The highest BCUT2D eigenvalue weighted by molar-refractivity contribution is 7.89. The van der Waals surface area contributed by atoms with E-state index in [0.717, 1.165) is 12.8 Å². The summed E-state index contributed by atoms with van der Waals surface area (Å²) < 4.78 is 29.0. The molecule has 0 radical (unpaired) electrons. The van der Waals surface area contributed by atoms with E-state index in [1.165, 1.54) is 11.6 Å². The van der Waals surface area contributed by atoms with Gasteiger partial charge in [-0.3, -0.25) is 9.48 Å². The first-order valence-corrected chi connectivity index (χ1v) is 9.18.